The van der Waals surface area contributed by atoms with Gasteiger partial charge in [0, 0.05) is 5.02 Å². The Morgan fingerprint density at radius 3 is 2.40 bits per heavy atom. The summed E-state index contributed by atoms with van der Waals surface area (Å²) < 4.78 is 0. The van der Waals surface area contributed by atoms with Crippen LogP contribution >= 0.6 is 23.2 Å². The van der Waals surface area contributed by atoms with E-state index >= 15 is 0 Å². The quantitative estimate of drug-likeness (QED) is 0.742. The molecule has 1 aliphatic heterocycles. The van der Waals surface area contributed by atoms with Crippen LogP contribution in [0.15, 0.2) is 36.4 Å². The molecule has 0 saturated heterocycles. The second-order valence-corrected chi connectivity index (χ2v) is 5.28. The molecular formula is C15H9Cl2NO2. The Morgan fingerprint density at radius 1 is 0.950 bits per heavy atom. The molecule has 0 radical (unpaired) electrons. The van der Waals surface area contributed by atoms with Crippen LogP contribution in [-0.2, 0) is 4.79 Å². The van der Waals surface area contributed by atoms with E-state index in [0.29, 0.717) is 32.5 Å². The molecule has 0 fully saturated rings. The lowest BCUT2D eigenvalue weighted by Gasteiger charge is -2.19. The zero-order valence-electron chi connectivity index (χ0n) is 10.5. The molecule has 0 saturated carbocycles. The molecule has 2 aromatic rings. The topological polar surface area (TPSA) is 37.4 Å². The van der Waals surface area contributed by atoms with Gasteiger partial charge in [-0.15, -0.1) is 0 Å². The summed E-state index contributed by atoms with van der Waals surface area (Å²) in [6, 6.07) is 10.2. The summed E-state index contributed by atoms with van der Waals surface area (Å²) in [5, 5.41) is 0.889. The molecule has 0 bridgehead atoms. The zero-order chi connectivity index (χ0) is 14.4. The summed E-state index contributed by atoms with van der Waals surface area (Å²) in [5.41, 5.74) is 2.08. The first-order valence-electron chi connectivity index (χ1n) is 5.95. The molecule has 0 aliphatic carbocycles. The number of halogens is 2. The fourth-order valence-corrected chi connectivity index (χ4v) is 2.70. The molecule has 5 heteroatoms. The average molecular weight is 306 g/mol. The van der Waals surface area contributed by atoms with Crippen molar-refractivity contribution in [2.45, 2.75) is 6.92 Å². The van der Waals surface area contributed by atoms with E-state index in [1.54, 1.807) is 43.3 Å². The SMILES string of the molecule is Cc1c(Cl)ccc(N2C(=O)C(=O)c3ccccc32)c1Cl. The van der Waals surface area contributed by atoms with Gasteiger partial charge in [-0.25, -0.2) is 0 Å². The van der Waals surface area contributed by atoms with Gasteiger partial charge in [0.05, 0.1) is 22.0 Å². The summed E-state index contributed by atoms with van der Waals surface area (Å²) in [7, 11) is 0. The number of fused-ring (bicyclic) bond motifs is 1. The predicted octanol–water partition coefficient (Wildman–Crippen LogP) is 4.16. The van der Waals surface area contributed by atoms with Gasteiger partial charge in [0.2, 0.25) is 0 Å². The van der Waals surface area contributed by atoms with Crippen LogP contribution in [0, 0.1) is 6.92 Å². The van der Waals surface area contributed by atoms with E-state index in [1.165, 1.54) is 4.90 Å². The molecule has 0 unspecified atom stereocenters. The maximum absolute atomic E-state index is 12.2. The Labute approximate surface area is 125 Å². The van der Waals surface area contributed by atoms with Gasteiger partial charge in [-0.3, -0.25) is 14.5 Å². The fraction of sp³-hybridized carbons (Fsp3) is 0.0667. The largest absolute Gasteiger partial charge is 0.304 e. The van der Waals surface area contributed by atoms with Crippen molar-refractivity contribution in [3.8, 4) is 0 Å². The van der Waals surface area contributed by atoms with Crippen molar-refractivity contribution >= 4 is 46.3 Å². The summed E-state index contributed by atoms with van der Waals surface area (Å²) >= 11 is 12.3. The Hall–Kier alpha value is -1.84. The third kappa shape index (κ3) is 1.74. The van der Waals surface area contributed by atoms with E-state index in [4.69, 9.17) is 23.2 Å². The van der Waals surface area contributed by atoms with Crippen LogP contribution in [0.5, 0.6) is 0 Å². The van der Waals surface area contributed by atoms with Gasteiger partial charge in [0.1, 0.15) is 0 Å². The van der Waals surface area contributed by atoms with E-state index in [0.717, 1.165) is 0 Å². The van der Waals surface area contributed by atoms with Crippen LogP contribution in [-0.4, -0.2) is 11.7 Å². The lowest BCUT2D eigenvalue weighted by molar-refractivity contribution is -0.113. The highest BCUT2D eigenvalue weighted by molar-refractivity contribution is 6.54. The van der Waals surface area contributed by atoms with E-state index in [1.807, 2.05) is 0 Å². The van der Waals surface area contributed by atoms with E-state index in [-0.39, 0.29) is 0 Å². The number of hydrogen-bond acceptors (Lipinski definition) is 2. The number of Topliss-reactive ketones (excluding diaryl/α,β-unsaturated/α-hetero) is 1. The zero-order valence-corrected chi connectivity index (χ0v) is 12.0. The molecule has 0 N–H and O–H groups in total. The molecule has 2 aromatic carbocycles. The minimum atomic E-state index is -0.602. The van der Waals surface area contributed by atoms with Crippen molar-refractivity contribution in [2.75, 3.05) is 4.90 Å². The molecule has 100 valence electrons. The van der Waals surface area contributed by atoms with Crippen LogP contribution in [0.25, 0.3) is 0 Å². The standard InChI is InChI=1S/C15H9Cl2NO2/c1-8-10(16)6-7-12(13(8)17)18-11-5-3-2-4-9(11)14(19)15(18)20/h2-7H,1H3. The minimum absolute atomic E-state index is 0.371. The number of carbonyl (C=O) groups excluding carboxylic acids is 2. The van der Waals surface area contributed by atoms with Crippen molar-refractivity contribution in [3.63, 3.8) is 0 Å². The third-order valence-electron chi connectivity index (χ3n) is 3.33. The average Bonchev–Trinajstić information content (AvgIpc) is 2.70. The number of carbonyl (C=O) groups is 2. The number of amides is 1. The number of hydrogen-bond donors (Lipinski definition) is 0. The number of para-hydroxylation sites is 1. The first-order chi connectivity index (χ1) is 9.52. The lowest BCUT2D eigenvalue weighted by Crippen LogP contribution is -2.25. The molecular weight excluding hydrogens is 297 g/mol. The van der Waals surface area contributed by atoms with Crippen molar-refractivity contribution < 1.29 is 9.59 Å². The summed E-state index contributed by atoms with van der Waals surface area (Å²) in [6.07, 6.45) is 0. The van der Waals surface area contributed by atoms with E-state index < -0.39 is 11.7 Å². The predicted molar refractivity (Wildman–Crippen MR) is 79.1 cm³/mol. The highest BCUT2D eigenvalue weighted by atomic mass is 35.5. The highest BCUT2D eigenvalue weighted by Gasteiger charge is 2.37. The van der Waals surface area contributed by atoms with Crippen molar-refractivity contribution in [1.29, 1.82) is 0 Å². The van der Waals surface area contributed by atoms with Crippen LogP contribution < -0.4 is 4.90 Å². The Bertz CT molecular complexity index is 756. The van der Waals surface area contributed by atoms with Crippen LogP contribution in [0.2, 0.25) is 10.0 Å². The van der Waals surface area contributed by atoms with Crippen LogP contribution in [0.4, 0.5) is 11.4 Å². The molecule has 3 nitrogen and oxygen atoms in total. The summed E-state index contributed by atoms with van der Waals surface area (Å²) in [5.74, 6) is -1.13. The molecule has 0 atom stereocenters. The number of nitrogens with zero attached hydrogens (tertiary/aromatic N) is 1. The third-order valence-corrected chi connectivity index (χ3v) is 4.21. The number of anilines is 2. The first-order valence-corrected chi connectivity index (χ1v) is 6.70. The van der Waals surface area contributed by atoms with Crippen molar-refractivity contribution in [3.05, 3.63) is 57.6 Å². The van der Waals surface area contributed by atoms with Crippen LogP contribution in [0.3, 0.4) is 0 Å². The fourth-order valence-electron chi connectivity index (χ4n) is 2.25. The number of rotatable bonds is 1. The van der Waals surface area contributed by atoms with Gasteiger partial charge < -0.3 is 0 Å². The first kappa shape index (κ1) is 13.2. The van der Waals surface area contributed by atoms with Gasteiger partial charge in [-0.05, 0) is 36.8 Å². The molecule has 1 aliphatic rings. The normalized spacial score (nSPS) is 13.8. The Morgan fingerprint density at radius 2 is 1.65 bits per heavy atom. The summed E-state index contributed by atoms with van der Waals surface area (Å²) in [4.78, 5) is 25.5. The van der Waals surface area contributed by atoms with Gasteiger partial charge in [-0.2, -0.15) is 0 Å². The number of benzene rings is 2. The second kappa shape index (κ2) is 4.62. The minimum Gasteiger partial charge on any atom is -0.283 e. The van der Waals surface area contributed by atoms with Crippen molar-refractivity contribution in [2.24, 2.45) is 0 Å². The maximum Gasteiger partial charge on any atom is 0.304 e. The molecule has 1 heterocycles. The van der Waals surface area contributed by atoms with Crippen LogP contribution in [0.1, 0.15) is 15.9 Å². The molecule has 20 heavy (non-hydrogen) atoms. The van der Waals surface area contributed by atoms with Gasteiger partial charge in [-0.1, -0.05) is 35.3 Å². The smallest absolute Gasteiger partial charge is 0.283 e. The van der Waals surface area contributed by atoms with Crippen molar-refractivity contribution in [1.82, 2.24) is 0 Å². The molecule has 1 amide bonds. The van der Waals surface area contributed by atoms with E-state index in [2.05, 4.69) is 0 Å². The second-order valence-electron chi connectivity index (χ2n) is 4.49. The van der Waals surface area contributed by atoms with Gasteiger partial charge in [0.25, 0.3) is 5.78 Å². The molecule has 3 rings (SSSR count). The lowest BCUT2D eigenvalue weighted by atomic mass is 10.1. The Balaban J connectivity index is 2.24. The molecule has 0 spiro atoms. The highest BCUT2D eigenvalue weighted by Crippen LogP contribution is 2.41. The van der Waals surface area contributed by atoms with Gasteiger partial charge >= 0.3 is 5.91 Å². The Kier molecular flexibility index (Phi) is 3.04. The van der Waals surface area contributed by atoms with Gasteiger partial charge in [0.15, 0.2) is 0 Å². The summed E-state index contributed by atoms with van der Waals surface area (Å²) in [6.45, 7) is 1.77. The molecule has 0 aromatic heterocycles. The number of ketones is 1. The van der Waals surface area contributed by atoms with E-state index in [9.17, 15) is 9.59 Å². The maximum atomic E-state index is 12.2. The monoisotopic (exact) mass is 305 g/mol.